The Morgan fingerprint density at radius 2 is 2.11 bits per heavy atom. The van der Waals surface area contributed by atoms with Crippen LogP contribution in [0.4, 0.5) is 0 Å². The Morgan fingerprint density at radius 3 is 2.74 bits per heavy atom. The van der Waals surface area contributed by atoms with E-state index in [2.05, 4.69) is 0 Å². The van der Waals surface area contributed by atoms with Crippen molar-refractivity contribution in [2.45, 2.75) is 37.0 Å². The highest BCUT2D eigenvalue weighted by Crippen LogP contribution is 2.36. The summed E-state index contributed by atoms with van der Waals surface area (Å²) in [4.78, 5) is 0. The second-order valence-corrected chi connectivity index (χ2v) is 8.22. The van der Waals surface area contributed by atoms with Crippen molar-refractivity contribution in [1.82, 2.24) is 0 Å². The van der Waals surface area contributed by atoms with Crippen LogP contribution in [-0.4, -0.2) is 19.9 Å². The van der Waals surface area contributed by atoms with E-state index in [0.29, 0.717) is 11.4 Å². The molecule has 2 N–H and O–H groups in total. The Balaban J connectivity index is 2.13. The monoisotopic (exact) mass is 301 g/mol. The number of hydrogen-bond donors (Lipinski definition) is 1. The van der Waals surface area contributed by atoms with Gasteiger partial charge in [-0.1, -0.05) is 30.2 Å². The molecule has 1 aliphatic carbocycles. The lowest BCUT2D eigenvalue weighted by atomic mass is 9.81. The van der Waals surface area contributed by atoms with Crippen molar-refractivity contribution in [3.05, 3.63) is 34.9 Å². The van der Waals surface area contributed by atoms with Gasteiger partial charge in [-0.2, -0.15) is 0 Å². The van der Waals surface area contributed by atoms with Gasteiger partial charge in [0.05, 0.1) is 5.25 Å². The van der Waals surface area contributed by atoms with E-state index in [9.17, 15) is 8.42 Å². The van der Waals surface area contributed by atoms with E-state index in [4.69, 9.17) is 17.3 Å². The molecule has 106 valence electrons. The number of halogens is 1. The molecule has 19 heavy (non-hydrogen) atoms. The van der Waals surface area contributed by atoms with Crippen molar-refractivity contribution in [3.63, 3.8) is 0 Å². The first-order valence-corrected chi connectivity index (χ1v) is 8.91. The Morgan fingerprint density at radius 1 is 1.37 bits per heavy atom. The smallest absolute Gasteiger partial charge is 0.150 e. The van der Waals surface area contributed by atoms with Crippen LogP contribution in [-0.2, 0) is 9.84 Å². The number of nitrogens with two attached hydrogens (primary N) is 1. The molecule has 1 fully saturated rings. The lowest BCUT2D eigenvalue weighted by molar-refractivity contribution is 0.309. The van der Waals surface area contributed by atoms with Crippen LogP contribution in [0.3, 0.4) is 0 Å². The van der Waals surface area contributed by atoms with E-state index in [1.807, 2.05) is 24.3 Å². The summed E-state index contributed by atoms with van der Waals surface area (Å²) in [6.07, 6.45) is 4.66. The normalized spacial score (nSPS) is 26.1. The van der Waals surface area contributed by atoms with E-state index >= 15 is 0 Å². The molecule has 0 amide bonds. The molecule has 0 radical (unpaired) electrons. The van der Waals surface area contributed by atoms with Crippen molar-refractivity contribution in [2.24, 2.45) is 11.7 Å². The maximum Gasteiger partial charge on any atom is 0.150 e. The van der Waals surface area contributed by atoms with Gasteiger partial charge in [-0.05, 0) is 42.9 Å². The minimum Gasteiger partial charge on any atom is -0.324 e. The highest BCUT2D eigenvalue weighted by molar-refractivity contribution is 7.91. The average Bonchev–Trinajstić information content (AvgIpc) is 2.37. The molecule has 3 unspecified atom stereocenters. The molecule has 0 heterocycles. The molecule has 1 saturated carbocycles. The number of hydrogen-bond acceptors (Lipinski definition) is 3. The minimum atomic E-state index is -2.96. The van der Waals surface area contributed by atoms with Crippen molar-refractivity contribution in [3.8, 4) is 0 Å². The molecular formula is C14H20ClNO2S. The molecule has 2 rings (SSSR count). The van der Waals surface area contributed by atoms with Gasteiger partial charge in [-0.3, -0.25) is 0 Å². The SMILES string of the molecule is CS(=O)(=O)C1CCCC(C(N)c2cccc(Cl)c2)C1. The summed E-state index contributed by atoms with van der Waals surface area (Å²) in [5.41, 5.74) is 7.28. The summed E-state index contributed by atoms with van der Waals surface area (Å²) < 4.78 is 23.4. The lowest BCUT2D eigenvalue weighted by Gasteiger charge is -2.32. The van der Waals surface area contributed by atoms with Crippen molar-refractivity contribution >= 4 is 21.4 Å². The topological polar surface area (TPSA) is 60.2 Å². The predicted molar refractivity (Wildman–Crippen MR) is 79.0 cm³/mol. The summed E-state index contributed by atoms with van der Waals surface area (Å²) in [5.74, 6) is 0.215. The summed E-state index contributed by atoms with van der Waals surface area (Å²) in [6.45, 7) is 0. The zero-order valence-electron chi connectivity index (χ0n) is 11.0. The fraction of sp³-hybridized carbons (Fsp3) is 0.571. The minimum absolute atomic E-state index is 0.136. The maximum absolute atomic E-state index is 11.7. The lowest BCUT2D eigenvalue weighted by Crippen LogP contribution is -2.32. The highest BCUT2D eigenvalue weighted by Gasteiger charge is 2.32. The van der Waals surface area contributed by atoms with Gasteiger partial charge in [0.15, 0.2) is 0 Å². The van der Waals surface area contributed by atoms with Gasteiger partial charge in [0, 0.05) is 17.3 Å². The summed E-state index contributed by atoms with van der Waals surface area (Å²) in [6, 6.07) is 7.40. The van der Waals surface area contributed by atoms with Crippen LogP contribution in [0.5, 0.6) is 0 Å². The fourth-order valence-corrected chi connectivity index (χ4v) is 4.27. The molecule has 0 spiro atoms. The van der Waals surface area contributed by atoms with Crippen molar-refractivity contribution in [1.29, 1.82) is 0 Å². The van der Waals surface area contributed by atoms with Gasteiger partial charge in [0.25, 0.3) is 0 Å². The van der Waals surface area contributed by atoms with E-state index in [0.717, 1.165) is 24.8 Å². The van der Waals surface area contributed by atoms with Gasteiger partial charge < -0.3 is 5.73 Å². The molecular weight excluding hydrogens is 282 g/mol. The largest absolute Gasteiger partial charge is 0.324 e. The molecule has 0 aromatic heterocycles. The van der Waals surface area contributed by atoms with Crippen LogP contribution >= 0.6 is 11.6 Å². The summed E-state index contributed by atoms with van der Waals surface area (Å²) >= 11 is 5.98. The van der Waals surface area contributed by atoms with Crippen LogP contribution < -0.4 is 5.73 Å². The van der Waals surface area contributed by atoms with E-state index in [1.165, 1.54) is 6.26 Å². The van der Waals surface area contributed by atoms with Gasteiger partial charge in [0.2, 0.25) is 0 Å². The van der Waals surface area contributed by atoms with Crippen LogP contribution in [0.1, 0.15) is 37.3 Å². The summed E-state index contributed by atoms with van der Waals surface area (Å²) in [5, 5.41) is 0.430. The second kappa shape index (κ2) is 5.81. The van der Waals surface area contributed by atoms with Gasteiger partial charge in [-0.15, -0.1) is 0 Å². The van der Waals surface area contributed by atoms with Crippen LogP contribution in [0.2, 0.25) is 5.02 Å². The molecule has 1 aliphatic rings. The third kappa shape index (κ3) is 3.71. The zero-order valence-corrected chi connectivity index (χ0v) is 12.6. The number of sulfone groups is 1. The van der Waals surface area contributed by atoms with E-state index < -0.39 is 9.84 Å². The van der Waals surface area contributed by atoms with Gasteiger partial charge >= 0.3 is 0 Å². The molecule has 1 aromatic rings. The molecule has 1 aromatic carbocycles. The van der Waals surface area contributed by atoms with Gasteiger partial charge in [0.1, 0.15) is 9.84 Å². The van der Waals surface area contributed by atoms with E-state index in [-0.39, 0.29) is 17.2 Å². The highest BCUT2D eigenvalue weighted by atomic mass is 35.5. The Hall–Kier alpha value is -0.580. The van der Waals surface area contributed by atoms with Crippen LogP contribution in [0.15, 0.2) is 24.3 Å². The first-order chi connectivity index (χ1) is 8.88. The first-order valence-electron chi connectivity index (χ1n) is 6.58. The summed E-state index contributed by atoms with van der Waals surface area (Å²) in [7, 11) is -2.96. The average molecular weight is 302 g/mol. The van der Waals surface area contributed by atoms with E-state index in [1.54, 1.807) is 0 Å². The standard InChI is InChI=1S/C14H20ClNO2S/c1-19(17,18)13-7-3-5-11(9-13)14(16)10-4-2-6-12(15)8-10/h2,4,6,8,11,13-14H,3,5,7,9,16H2,1H3. The third-order valence-corrected chi connectivity index (χ3v) is 5.89. The third-order valence-electron chi connectivity index (χ3n) is 4.01. The Kier molecular flexibility index (Phi) is 4.54. The van der Waals surface area contributed by atoms with Crippen LogP contribution in [0.25, 0.3) is 0 Å². The van der Waals surface area contributed by atoms with Crippen LogP contribution in [0, 0.1) is 5.92 Å². The number of rotatable bonds is 3. The molecule has 0 aliphatic heterocycles. The molecule has 3 nitrogen and oxygen atoms in total. The van der Waals surface area contributed by atoms with Gasteiger partial charge in [-0.25, -0.2) is 8.42 Å². The Labute approximate surface area is 120 Å². The van der Waals surface area contributed by atoms with Crippen molar-refractivity contribution in [2.75, 3.05) is 6.26 Å². The fourth-order valence-electron chi connectivity index (χ4n) is 2.88. The molecule has 3 atom stereocenters. The Bertz CT molecular complexity index is 544. The maximum atomic E-state index is 11.7. The zero-order chi connectivity index (χ0) is 14.0. The quantitative estimate of drug-likeness (QED) is 0.934. The number of benzene rings is 1. The second-order valence-electron chi connectivity index (χ2n) is 5.46. The molecule has 5 heteroatoms. The molecule has 0 bridgehead atoms. The first kappa shape index (κ1) is 14.8. The molecule has 0 saturated heterocycles. The van der Waals surface area contributed by atoms with Crippen molar-refractivity contribution < 1.29 is 8.42 Å². The predicted octanol–water partition coefficient (Wildman–Crippen LogP) is 2.94.